The molecule has 2 aliphatic heterocycles. The summed E-state index contributed by atoms with van der Waals surface area (Å²) >= 11 is 6.39. The summed E-state index contributed by atoms with van der Waals surface area (Å²) in [5.41, 5.74) is 4.58. The van der Waals surface area contributed by atoms with Gasteiger partial charge in [0.2, 0.25) is 5.95 Å². The highest BCUT2D eigenvalue weighted by Gasteiger charge is 2.41. The maximum atomic E-state index is 6.62. The number of fused-ring (bicyclic) bond motifs is 3. The van der Waals surface area contributed by atoms with Crippen LogP contribution in [0.15, 0.2) is 72.8 Å². The van der Waals surface area contributed by atoms with Crippen LogP contribution >= 0.6 is 11.6 Å². The number of pyridine rings is 1. The first-order valence-corrected chi connectivity index (χ1v) is 11.0. The second-order valence-electron chi connectivity index (χ2n) is 7.93. The highest BCUT2D eigenvalue weighted by molar-refractivity contribution is 6.30. The Morgan fingerprint density at radius 3 is 2.71 bits per heavy atom. The smallest absolute Gasteiger partial charge is 0.226 e. The van der Waals surface area contributed by atoms with Gasteiger partial charge in [0.05, 0.1) is 19.9 Å². The molecular formula is C25H20ClN5O3. The Hall–Kier alpha value is -4.04. The molecule has 8 nitrogen and oxygen atoms in total. The molecule has 0 unspecified atom stereocenters. The third kappa shape index (κ3) is 3.18. The predicted octanol–water partition coefficient (Wildman–Crippen LogP) is 4.90. The highest BCUT2D eigenvalue weighted by Crippen LogP contribution is 2.51. The molecule has 0 aliphatic carbocycles. The van der Waals surface area contributed by atoms with Gasteiger partial charge in [-0.2, -0.15) is 10.1 Å². The van der Waals surface area contributed by atoms with E-state index < -0.39 is 6.10 Å². The Morgan fingerprint density at radius 1 is 1.03 bits per heavy atom. The van der Waals surface area contributed by atoms with Gasteiger partial charge in [-0.3, -0.25) is 4.98 Å². The number of nitrogens with zero attached hydrogens (tertiary/aromatic N) is 4. The first-order valence-electron chi connectivity index (χ1n) is 10.7. The number of benzene rings is 2. The summed E-state index contributed by atoms with van der Waals surface area (Å²) in [6.07, 6.45) is 4.68. The Labute approximate surface area is 200 Å². The van der Waals surface area contributed by atoms with Gasteiger partial charge < -0.3 is 19.5 Å². The number of aromatic nitrogens is 4. The van der Waals surface area contributed by atoms with Gasteiger partial charge in [-0.1, -0.05) is 23.7 Å². The number of nitrogens with one attached hydrogen (secondary N) is 1. The Morgan fingerprint density at radius 2 is 1.91 bits per heavy atom. The van der Waals surface area contributed by atoms with E-state index in [1.807, 2.05) is 59.4 Å². The summed E-state index contributed by atoms with van der Waals surface area (Å²) in [7, 11) is 3.23. The third-order valence-corrected chi connectivity index (χ3v) is 6.32. The molecule has 0 fully saturated rings. The number of halogens is 1. The number of anilines is 1. The summed E-state index contributed by atoms with van der Waals surface area (Å²) in [5.74, 6) is 2.61. The fourth-order valence-corrected chi connectivity index (χ4v) is 4.76. The van der Waals surface area contributed by atoms with Crippen LogP contribution in [0.2, 0.25) is 5.02 Å². The van der Waals surface area contributed by atoms with Crippen LogP contribution in [0.1, 0.15) is 28.8 Å². The molecule has 9 heteroatoms. The molecule has 2 aliphatic rings. The predicted molar refractivity (Wildman–Crippen MR) is 127 cm³/mol. The van der Waals surface area contributed by atoms with Crippen LogP contribution in [0.5, 0.6) is 17.2 Å². The van der Waals surface area contributed by atoms with Crippen LogP contribution in [0, 0.1) is 0 Å². The lowest BCUT2D eigenvalue weighted by atomic mass is 9.85. The highest BCUT2D eigenvalue weighted by atomic mass is 35.5. The average Bonchev–Trinajstić information content (AvgIpc) is 3.35. The Kier molecular flexibility index (Phi) is 4.88. The minimum atomic E-state index is -0.446. The molecule has 2 atom stereocenters. The minimum Gasteiger partial charge on any atom is -0.493 e. The van der Waals surface area contributed by atoms with Crippen molar-refractivity contribution in [2.24, 2.45) is 0 Å². The molecule has 0 saturated heterocycles. The van der Waals surface area contributed by atoms with Crippen molar-refractivity contribution in [3.8, 4) is 17.2 Å². The molecule has 0 radical (unpaired) electrons. The summed E-state index contributed by atoms with van der Waals surface area (Å²) in [6, 6.07) is 15.0. The monoisotopic (exact) mass is 473 g/mol. The molecule has 4 heterocycles. The second-order valence-corrected chi connectivity index (χ2v) is 8.36. The largest absolute Gasteiger partial charge is 0.493 e. The van der Waals surface area contributed by atoms with E-state index in [0.717, 1.165) is 28.0 Å². The zero-order valence-corrected chi connectivity index (χ0v) is 19.2. The van der Waals surface area contributed by atoms with Crippen molar-refractivity contribution in [2.45, 2.75) is 12.1 Å². The lowest BCUT2D eigenvalue weighted by Gasteiger charge is -2.39. The molecule has 2 aromatic heterocycles. The average molecular weight is 474 g/mol. The van der Waals surface area contributed by atoms with Crippen LogP contribution in [-0.4, -0.2) is 34.0 Å². The normalized spacial score (nSPS) is 18.2. The fourth-order valence-electron chi connectivity index (χ4n) is 4.59. The molecule has 0 saturated carbocycles. The van der Waals surface area contributed by atoms with Gasteiger partial charge in [0, 0.05) is 34.1 Å². The molecule has 0 amide bonds. The third-order valence-electron chi connectivity index (χ3n) is 6.09. The van der Waals surface area contributed by atoms with Crippen LogP contribution < -0.4 is 19.5 Å². The van der Waals surface area contributed by atoms with Gasteiger partial charge in [0.1, 0.15) is 24.2 Å². The van der Waals surface area contributed by atoms with E-state index in [1.165, 1.54) is 6.33 Å². The summed E-state index contributed by atoms with van der Waals surface area (Å²) < 4.78 is 19.5. The van der Waals surface area contributed by atoms with Crippen molar-refractivity contribution >= 4 is 23.2 Å². The van der Waals surface area contributed by atoms with E-state index in [0.29, 0.717) is 28.2 Å². The van der Waals surface area contributed by atoms with Gasteiger partial charge in [-0.15, -0.1) is 0 Å². The van der Waals surface area contributed by atoms with E-state index in [-0.39, 0.29) is 6.04 Å². The molecular weight excluding hydrogens is 454 g/mol. The van der Waals surface area contributed by atoms with Gasteiger partial charge >= 0.3 is 0 Å². The number of methoxy groups -OCH3 is 2. The second kappa shape index (κ2) is 8.07. The number of hydrogen-bond acceptors (Lipinski definition) is 7. The minimum absolute atomic E-state index is 0.298. The molecule has 4 aromatic rings. The number of ether oxygens (including phenoxy) is 3. The topological polar surface area (TPSA) is 83.3 Å². The molecule has 0 bridgehead atoms. The van der Waals surface area contributed by atoms with E-state index in [1.54, 1.807) is 20.4 Å². The first kappa shape index (κ1) is 20.6. The van der Waals surface area contributed by atoms with Gasteiger partial charge in [-0.05, 0) is 42.0 Å². The van der Waals surface area contributed by atoms with Crippen molar-refractivity contribution in [1.82, 2.24) is 19.7 Å². The SMILES string of the molecule is COc1ccc([C@@H]2Oc3ccc(Cl)cc3C3=C2[C@@H](c2cccnc2)n2ncnc2N3)cc1OC. The number of rotatable bonds is 4. The molecule has 0 spiro atoms. The van der Waals surface area contributed by atoms with Crippen LogP contribution in [0.4, 0.5) is 5.95 Å². The van der Waals surface area contributed by atoms with Crippen LogP contribution in [0.25, 0.3) is 5.70 Å². The van der Waals surface area contributed by atoms with E-state index >= 15 is 0 Å². The first-order chi connectivity index (χ1) is 16.7. The van der Waals surface area contributed by atoms with Crippen LogP contribution in [-0.2, 0) is 0 Å². The van der Waals surface area contributed by atoms with E-state index in [4.69, 9.17) is 25.8 Å². The van der Waals surface area contributed by atoms with Crippen molar-refractivity contribution in [2.75, 3.05) is 19.5 Å². The zero-order valence-electron chi connectivity index (χ0n) is 18.4. The Balaban J connectivity index is 1.62. The Bertz CT molecular complexity index is 1420. The lowest BCUT2D eigenvalue weighted by molar-refractivity contribution is 0.222. The van der Waals surface area contributed by atoms with E-state index in [2.05, 4.69) is 20.4 Å². The molecule has 6 rings (SSSR count). The quantitative estimate of drug-likeness (QED) is 0.451. The van der Waals surface area contributed by atoms with Gasteiger partial charge in [0.15, 0.2) is 11.5 Å². The van der Waals surface area contributed by atoms with Crippen molar-refractivity contribution in [3.05, 3.63) is 94.5 Å². The summed E-state index contributed by atoms with van der Waals surface area (Å²) in [5, 5.41) is 8.61. The fraction of sp³-hybridized carbons (Fsp3) is 0.160. The molecule has 2 aromatic carbocycles. The zero-order chi connectivity index (χ0) is 23.2. The summed E-state index contributed by atoms with van der Waals surface area (Å²) in [6.45, 7) is 0. The standard InChI is InChI=1S/C25H20ClN5O3/c1-32-19-7-5-14(10-20(19)33-2)24-21-22(17-11-16(26)6-8-18(17)34-24)30-25-28-13-29-31(25)23(21)15-4-3-9-27-12-15/h3-13,23-24H,1-2H3,(H,28,29,30)/t23-,24+/m1/s1. The molecule has 1 N–H and O–H groups in total. The van der Waals surface area contributed by atoms with Crippen molar-refractivity contribution < 1.29 is 14.2 Å². The van der Waals surface area contributed by atoms with Crippen molar-refractivity contribution in [1.29, 1.82) is 0 Å². The maximum absolute atomic E-state index is 6.62. The van der Waals surface area contributed by atoms with Crippen LogP contribution in [0.3, 0.4) is 0 Å². The van der Waals surface area contributed by atoms with E-state index in [9.17, 15) is 0 Å². The van der Waals surface area contributed by atoms with Gasteiger partial charge in [-0.25, -0.2) is 4.68 Å². The lowest BCUT2D eigenvalue weighted by Crippen LogP contribution is -2.32. The number of hydrogen-bond donors (Lipinski definition) is 1. The molecule has 170 valence electrons. The molecule has 34 heavy (non-hydrogen) atoms. The summed E-state index contributed by atoms with van der Waals surface area (Å²) in [4.78, 5) is 8.80. The maximum Gasteiger partial charge on any atom is 0.226 e. The van der Waals surface area contributed by atoms with Gasteiger partial charge in [0.25, 0.3) is 0 Å². The van der Waals surface area contributed by atoms with Crippen molar-refractivity contribution in [3.63, 3.8) is 0 Å².